The van der Waals surface area contributed by atoms with E-state index in [-0.39, 0.29) is 17.7 Å². The minimum atomic E-state index is -0.262. The summed E-state index contributed by atoms with van der Waals surface area (Å²) < 4.78 is 6.91. The number of hydrogen-bond acceptors (Lipinski definition) is 4. The Balaban J connectivity index is 2.01. The Morgan fingerprint density at radius 2 is 2.14 bits per heavy atom. The van der Waals surface area contributed by atoms with Crippen LogP contribution in [0.2, 0.25) is 0 Å². The molecule has 21 heavy (non-hydrogen) atoms. The number of ketones is 1. The summed E-state index contributed by atoms with van der Waals surface area (Å²) in [6.07, 6.45) is 2.72. The molecule has 2 aromatic heterocycles. The Kier molecular flexibility index (Phi) is 3.92. The molecule has 0 saturated heterocycles. The van der Waals surface area contributed by atoms with Crippen molar-refractivity contribution in [1.82, 2.24) is 4.57 Å². The number of rotatable bonds is 3. The molecule has 0 bridgehead atoms. The van der Waals surface area contributed by atoms with Crippen molar-refractivity contribution in [3.8, 4) is 0 Å². The number of fused-ring (bicyclic) bond motifs is 1. The fraction of sp³-hybridized carbons (Fsp3) is 0.375. The van der Waals surface area contributed by atoms with Crippen molar-refractivity contribution in [2.45, 2.75) is 31.7 Å². The second kappa shape index (κ2) is 5.85. The summed E-state index contributed by atoms with van der Waals surface area (Å²) in [7, 11) is 1.41. The third kappa shape index (κ3) is 2.53. The first-order valence-electron chi connectivity index (χ1n) is 7.08. The zero-order valence-electron chi connectivity index (χ0n) is 11.9. The first kappa shape index (κ1) is 14.1. The SMILES string of the molecule is COC(=O)C1CCCCn2c(C(=O)c3cccs3)ccc21. The summed E-state index contributed by atoms with van der Waals surface area (Å²) in [4.78, 5) is 25.3. The molecule has 1 unspecified atom stereocenters. The number of thiophene rings is 1. The fourth-order valence-electron chi connectivity index (χ4n) is 2.92. The molecular formula is C16H17NO3S. The molecule has 0 aliphatic carbocycles. The van der Waals surface area contributed by atoms with E-state index in [4.69, 9.17) is 4.74 Å². The van der Waals surface area contributed by atoms with Crippen LogP contribution < -0.4 is 0 Å². The van der Waals surface area contributed by atoms with Crippen LogP contribution in [-0.4, -0.2) is 23.4 Å². The highest BCUT2D eigenvalue weighted by atomic mass is 32.1. The first-order valence-corrected chi connectivity index (χ1v) is 7.96. The number of hydrogen-bond donors (Lipinski definition) is 0. The monoisotopic (exact) mass is 303 g/mol. The number of nitrogens with zero attached hydrogens (tertiary/aromatic N) is 1. The highest BCUT2D eigenvalue weighted by Gasteiger charge is 2.29. The van der Waals surface area contributed by atoms with E-state index in [2.05, 4.69) is 0 Å². The third-order valence-corrected chi connectivity index (χ3v) is 4.83. The Bertz CT molecular complexity index is 657. The average molecular weight is 303 g/mol. The molecule has 110 valence electrons. The number of methoxy groups -OCH3 is 1. The van der Waals surface area contributed by atoms with E-state index in [1.807, 2.05) is 34.2 Å². The second-order valence-electron chi connectivity index (χ2n) is 5.17. The molecule has 0 N–H and O–H groups in total. The van der Waals surface area contributed by atoms with Crippen molar-refractivity contribution in [2.24, 2.45) is 0 Å². The maximum absolute atomic E-state index is 12.6. The van der Waals surface area contributed by atoms with Gasteiger partial charge >= 0.3 is 5.97 Å². The molecule has 4 nitrogen and oxygen atoms in total. The quantitative estimate of drug-likeness (QED) is 0.646. The molecule has 0 spiro atoms. The van der Waals surface area contributed by atoms with Gasteiger partial charge in [-0.15, -0.1) is 11.3 Å². The van der Waals surface area contributed by atoms with Crippen LogP contribution in [0.5, 0.6) is 0 Å². The first-order chi connectivity index (χ1) is 10.2. The standard InChI is InChI=1S/C16H17NO3S/c1-20-16(19)11-5-2-3-9-17-12(11)7-8-13(17)15(18)14-6-4-10-21-14/h4,6-8,10-11H,2-3,5,9H2,1H3. The maximum atomic E-state index is 12.6. The summed E-state index contributed by atoms with van der Waals surface area (Å²) in [5.74, 6) is -0.449. The van der Waals surface area contributed by atoms with Gasteiger partial charge in [0.05, 0.1) is 23.6 Å². The average Bonchev–Trinajstić information content (AvgIpc) is 3.12. The summed E-state index contributed by atoms with van der Waals surface area (Å²) in [6.45, 7) is 0.780. The van der Waals surface area contributed by atoms with Gasteiger partial charge < -0.3 is 9.30 Å². The van der Waals surface area contributed by atoms with Crippen LogP contribution in [0, 0.1) is 0 Å². The lowest BCUT2D eigenvalue weighted by Crippen LogP contribution is -2.18. The minimum absolute atomic E-state index is 0.0294. The van der Waals surface area contributed by atoms with Crippen LogP contribution in [0.25, 0.3) is 0 Å². The molecule has 0 radical (unpaired) electrons. The van der Waals surface area contributed by atoms with Gasteiger partial charge in [0.1, 0.15) is 0 Å². The molecule has 0 fully saturated rings. The molecule has 0 saturated carbocycles. The zero-order valence-corrected chi connectivity index (χ0v) is 12.7. The molecule has 3 heterocycles. The molecular weight excluding hydrogens is 286 g/mol. The van der Waals surface area contributed by atoms with E-state index in [0.717, 1.165) is 36.4 Å². The maximum Gasteiger partial charge on any atom is 0.314 e. The highest BCUT2D eigenvalue weighted by Crippen LogP contribution is 2.30. The van der Waals surface area contributed by atoms with Gasteiger partial charge in [0, 0.05) is 12.2 Å². The van der Waals surface area contributed by atoms with E-state index in [9.17, 15) is 9.59 Å². The molecule has 5 heteroatoms. The van der Waals surface area contributed by atoms with Gasteiger partial charge in [0.25, 0.3) is 0 Å². The molecule has 0 amide bonds. The van der Waals surface area contributed by atoms with Gasteiger partial charge in [0.2, 0.25) is 5.78 Å². The van der Waals surface area contributed by atoms with Crippen molar-refractivity contribution >= 4 is 23.1 Å². The lowest BCUT2D eigenvalue weighted by molar-refractivity contribution is -0.142. The van der Waals surface area contributed by atoms with Crippen molar-refractivity contribution in [3.63, 3.8) is 0 Å². The Morgan fingerprint density at radius 1 is 1.29 bits per heavy atom. The molecule has 3 rings (SSSR count). The molecule has 2 aromatic rings. The van der Waals surface area contributed by atoms with E-state index in [1.54, 1.807) is 0 Å². The Morgan fingerprint density at radius 3 is 2.86 bits per heavy atom. The van der Waals surface area contributed by atoms with Gasteiger partial charge in [0.15, 0.2) is 0 Å². The van der Waals surface area contributed by atoms with Crippen molar-refractivity contribution in [3.05, 3.63) is 45.9 Å². The number of carbonyl (C=O) groups excluding carboxylic acids is 2. The van der Waals surface area contributed by atoms with Crippen molar-refractivity contribution in [2.75, 3.05) is 7.11 Å². The molecule has 1 atom stereocenters. The predicted octanol–water partition coefficient (Wildman–Crippen LogP) is 3.22. The summed E-state index contributed by atoms with van der Waals surface area (Å²) in [5.41, 5.74) is 1.57. The lowest BCUT2D eigenvalue weighted by Gasteiger charge is -2.14. The number of ether oxygens (including phenoxy) is 1. The van der Waals surface area contributed by atoms with Crippen LogP contribution in [0.3, 0.4) is 0 Å². The topological polar surface area (TPSA) is 48.3 Å². The lowest BCUT2D eigenvalue weighted by atomic mass is 10.00. The molecule has 1 aliphatic heterocycles. The summed E-state index contributed by atoms with van der Waals surface area (Å²) in [6, 6.07) is 7.44. The van der Waals surface area contributed by atoms with E-state index < -0.39 is 0 Å². The number of carbonyl (C=O) groups is 2. The van der Waals surface area contributed by atoms with Crippen LogP contribution in [-0.2, 0) is 16.1 Å². The largest absolute Gasteiger partial charge is 0.469 e. The molecule has 1 aliphatic rings. The Labute approximate surface area is 127 Å². The number of esters is 1. The van der Waals surface area contributed by atoms with Gasteiger partial charge in [-0.3, -0.25) is 9.59 Å². The highest BCUT2D eigenvalue weighted by molar-refractivity contribution is 7.12. The fourth-order valence-corrected chi connectivity index (χ4v) is 3.59. The summed E-state index contributed by atoms with van der Waals surface area (Å²) in [5, 5.41) is 1.90. The third-order valence-electron chi connectivity index (χ3n) is 3.96. The minimum Gasteiger partial charge on any atom is -0.469 e. The van der Waals surface area contributed by atoms with Gasteiger partial charge in [-0.25, -0.2) is 0 Å². The van der Waals surface area contributed by atoms with Gasteiger partial charge in [-0.1, -0.05) is 12.5 Å². The van der Waals surface area contributed by atoms with Crippen LogP contribution in [0.1, 0.15) is 46.2 Å². The smallest absolute Gasteiger partial charge is 0.314 e. The zero-order chi connectivity index (χ0) is 14.8. The van der Waals surface area contributed by atoms with E-state index in [0.29, 0.717) is 5.69 Å². The second-order valence-corrected chi connectivity index (χ2v) is 6.12. The number of aromatic nitrogens is 1. The van der Waals surface area contributed by atoms with Gasteiger partial charge in [-0.2, -0.15) is 0 Å². The Hall–Kier alpha value is -1.88. The summed E-state index contributed by atoms with van der Waals surface area (Å²) >= 11 is 1.44. The van der Waals surface area contributed by atoms with Crippen LogP contribution >= 0.6 is 11.3 Å². The van der Waals surface area contributed by atoms with Gasteiger partial charge in [-0.05, 0) is 36.4 Å². The van der Waals surface area contributed by atoms with Crippen molar-refractivity contribution < 1.29 is 14.3 Å². The molecule has 0 aromatic carbocycles. The van der Waals surface area contributed by atoms with Crippen molar-refractivity contribution in [1.29, 1.82) is 0 Å². The van der Waals surface area contributed by atoms with E-state index >= 15 is 0 Å². The van der Waals surface area contributed by atoms with E-state index in [1.165, 1.54) is 18.4 Å². The predicted molar refractivity (Wildman–Crippen MR) is 80.8 cm³/mol. The normalized spacial score (nSPS) is 17.9. The van der Waals surface area contributed by atoms with Crippen LogP contribution in [0.15, 0.2) is 29.6 Å². The van der Waals surface area contributed by atoms with Crippen LogP contribution in [0.4, 0.5) is 0 Å².